The van der Waals surface area contributed by atoms with Crippen LogP contribution in [0.25, 0.3) is 0 Å². The number of rotatable bonds is 1. The second-order valence-corrected chi connectivity index (χ2v) is 4.62. The van der Waals surface area contributed by atoms with Crippen LogP contribution in [0.1, 0.15) is 20.3 Å². The third-order valence-corrected chi connectivity index (χ3v) is 2.59. The predicted molar refractivity (Wildman–Crippen MR) is 61.9 cm³/mol. The number of nitrogens with zero attached hydrogens (tertiary/aromatic N) is 2. The first-order valence-electron chi connectivity index (χ1n) is 5.33. The Hall–Kier alpha value is -1.76. The van der Waals surface area contributed by atoms with E-state index in [4.69, 9.17) is 10.00 Å². The first-order chi connectivity index (χ1) is 7.62. The lowest BCUT2D eigenvalue weighted by Gasteiger charge is -2.16. The monoisotopic (exact) mass is 217 g/mol. The highest BCUT2D eigenvalue weighted by Gasteiger charge is 2.30. The minimum absolute atomic E-state index is 0.0404. The Morgan fingerprint density at radius 3 is 3.06 bits per heavy atom. The number of aliphatic imine (C=N–C) groups is 1. The molecule has 2 aliphatic heterocycles. The number of allylic oxidation sites excluding steroid dienone is 1. The molecule has 0 atom stereocenters. The van der Waals surface area contributed by atoms with Gasteiger partial charge in [0.2, 0.25) is 0 Å². The Balaban J connectivity index is 2.27. The van der Waals surface area contributed by atoms with Crippen molar-refractivity contribution in [3.05, 3.63) is 23.1 Å². The Bertz CT molecular complexity index is 424. The van der Waals surface area contributed by atoms with Gasteiger partial charge in [0.15, 0.2) is 5.88 Å². The van der Waals surface area contributed by atoms with Gasteiger partial charge in [0.25, 0.3) is 0 Å². The van der Waals surface area contributed by atoms with Crippen LogP contribution in [0.4, 0.5) is 0 Å². The normalized spacial score (nSPS) is 26.7. The summed E-state index contributed by atoms with van der Waals surface area (Å²) in [6.07, 6.45) is 4.03. The van der Waals surface area contributed by atoms with Crippen molar-refractivity contribution in [2.45, 2.75) is 25.8 Å². The van der Waals surface area contributed by atoms with Crippen LogP contribution in [0.5, 0.6) is 0 Å². The van der Waals surface area contributed by atoms with Crippen LogP contribution in [-0.2, 0) is 4.74 Å². The van der Waals surface area contributed by atoms with E-state index in [0.29, 0.717) is 19.6 Å². The van der Waals surface area contributed by atoms with E-state index in [9.17, 15) is 0 Å². The molecule has 1 fully saturated rings. The van der Waals surface area contributed by atoms with E-state index in [-0.39, 0.29) is 5.54 Å². The number of nitriles is 1. The van der Waals surface area contributed by atoms with E-state index < -0.39 is 0 Å². The molecule has 4 heteroatoms. The maximum absolute atomic E-state index is 8.76. The summed E-state index contributed by atoms with van der Waals surface area (Å²) in [6.45, 7) is 5.40. The van der Waals surface area contributed by atoms with Gasteiger partial charge in [0, 0.05) is 11.8 Å². The highest BCUT2D eigenvalue weighted by Crippen LogP contribution is 2.26. The zero-order chi connectivity index (χ0) is 11.6. The average molecular weight is 217 g/mol. The fraction of sp³-hybridized carbons (Fsp3) is 0.500. The lowest BCUT2D eigenvalue weighted by atomic mass is 10.0. The van der Waals surface area contributed by atoms with Crippen molar-refractivity contribution in [3.8, 4) is 6.07 Å². The molecule has 0 unspecified atom stereocenters. The lowest BCUT2D eigenvalue weighted by Crippen LogP contribution is -2.34. The number of hydrogen-bond donors (Lipinski definition) is 1. The van der Waals surface area contributed by atoms with Gasteiger partial charge in [-0.15, -0.1) is 0 Å². The summed E-state index contributed by atoms with van der Waals surface area (Å²) >= 11 is 0. The van der Waals surface area contributed by atoms with E-state index in [0.717, 1.165) is 17.0 Å². The van der Waals surface area contributed by atoms with Crippen LogP contribution < -0.4 is 5.32 Å². The van der Waals surface area contributed by atoms with Crippen LogP contribution in [0.3, 0.4) is 0 Å². The van der Waals surface area contributed by atoms with Crippen molar-refractivity contribution >= 4 is 6.21 Å². The number of ether oxygens (including phenoxy) is 1. The fourth-order valence-corrected chi connectivity index (χ4v) is 1.75. The Labute approximate surface area is 95.3 Å². The van der Waals surface area contributed by atoms with Crippen LogP contribution in [0.15, 0.2) is 28.1 Å². The van der Waals surface area contributed by atoms with Crippen LogP contribution in [0, 0.1) is 11.3 Å². The first kappa shape index (κ1) is 10.7. The number of nitrogens with one attached hydrogen (secondary N) is 1. The molecule has 0 bridgehead atoms. The molecule has 0 spiro atoms. The Kier molecular flexibility index (Phi) is 2.69. The molecule has 0 amide bonds. The average Bonchev–Trinajstić information content (AvgIpc) is 2.60. The lowest BCUT2D eigenvalue weighted by molar-refractivity contribution is 0.234. The quantitative estimate of drug-likeness (QED) is 0.724. The maximum Gasteiger partial charge on any atom is 0.192 e. The smallest absolute Gasteiger partial charge is 0.192 e. The number of hydrogen-bond acceptors (Lipinski definition) is 4. The third kappa shape index (κ3) is 2.08. The Morgan fingerprint density at radius 2 is 2.44 bits per heavy atom. The molecule has 4 nitrogen and oxygen atoms in total. The zero-order valence-corrected chi connectivity index (χ0v) is 9.58. The molecule has 1 N–H and O–H groups in total. The van der Waals surface area contributed by atoms with Crippen molar-refractivity contribution < 1.29 is 4.74 Å². The largest absolute Gasteiger partial charge is 0.476 e. The predicted octanol–water partition coefficient (Wildman–Crippen LogP) is 1.52. The molecule has 0 aromatic heterocycles. The highest BCUT2D eigenvalue weighted by molar-refractivity contribution is 5.76. The topological polar surface area (TPSA) is 57.4 Å². The van der Waals surface area contributed by atoms with Crippen molar-refractivity contribution in [1.82, 2.24) is 5.32 Å². The molecule has 2 heterocycles. The molecule has 0 radical (unpaired) electrons. The van der Waals surface area contributed by atoms with Gasteiger partial charge in [0.1, 0.15) is 6.61 Å². The van der Waals surface area contributed by atoms with Crippen LogP contribution in [-0.4, -0.2) is 24.9 Å². The molecule has 16 heavy (non-hydrogen) atoms. The highest BCUT2D eigenvalue weighted by atomic mass is 16.5. The molecule has 0 aromatic carbocycles. The molecule has 0 aliphatic carbocycles. The molecule has 1 saturated heterocycles. The summed E-state index contributed by atoms with van der Waals surface area (Å²) < 4.78 is 5.63. The molecule has 84 valence electrons. The summed E-state index contributed by atoms with van der Waals surface area (Å²) in [5.41, 5.74) is 1.97. The Morgan fingerprint density at radius 1 is 1.62 bits per heavy atom. The van der Waals surface area contributed by atoms with Crippen LogP contribution >= 0.6 is 0 Å². The van der Waals surface area contributed by atoms with Crippen molar-refractivity contribution in [2.75, 3.05) is 13.2 Å². The van der Waals surface area contributed by atoms with Crippen molar-refractivity contribution in [2.24, 2.45) is 4.99 Å². The molecule has 2 rings (SSSR count). The second kappa shape index (κ2) is 4.01. The summed E-state index contributed by atoms with van der Waals surface area (Å²) in [7, 11) is 0. The second-order valence-electron chi connectivity index (χ2n) is 4.62. The van der Waals surface area contributed by atoms with Crippen molar-refractivity contribution in [1.29, 1.82) is 5.26 Å². The van der Waals surface area contributed by atoms with Gasteiger partial charge in [-0.05, 0) is 25.5 Å². The van der Waals surface area contributed by atoms with Gasteiger partial charge in [0.05, 0.1) is 24.6 Å². The van der Waals surface area contributed by atoms with Gasteiger partial charge >= 0.3 is 0 Å². The van der Waals surface area contributed by atoms with Gasteiger partial charge < -0.3 is 10.1 Å². The maximum atomic E-state index is 8.76. The summed E-state index contributed by atoms with van der Waals surface area (Å²) in [5, 5.41) is 12.1. The molecular weight excluding hydrogens is 202 g/mol. The molecular formula is C12H15N3O. The van der Waals surface area contributed by atoms with Gasteiger partial charge in [-0.1, -0.05) is 0 Å². The summed E-state index contributed by atoms with van der Waals surface area (Å²) in [5.74, 6) is 0.781. The van der Waals surface area contributed by atoms with Crippen molar-refractivity contribution in [3.63, 3.8) is 0 Å². The summed E-state index contributed by atoms with van der Waals surface area (Å²) in [4.78, 5) is 4.19. The van der Waals surface area contributed by atoms with E-state index in [2.05, 4.69) is 30.2 Å². The third-order valence-electron chi connectivity index (χ3n) is 2.59. The fourth-order valence-electron chi connectivity index (χ4n) is 1.75. The minimum Gasteiger partial charge on any atom is -0.476 e. The van der Waals surface area contributed by atoms with E-state index in [1.807, 2.05) is 6.08 Å². The van der Waals surface area contributed by atoms with Crippen LogP contribution in [0.2, 0.25) is 0 Å². The summed E-state index contributed by atoms with van der Waals surface area (Å²) in [6, 6.07) is 2.16. The van der Waals surface area contributed by atoms with E-state index >= 15 is 0 Å². The zero-order valence-electron chi connectivity index (χ0n) is 9.58. The SMILES string of the molecule is CC1(C)CO/C(=C2/CN=CC=C2CC#N)N1. The molecule has 0 aromatic rings. The molecule has 2 aliphatic rings. The minimum atomic E-state index is -0.0404. The van der Waals surface area contributed by atoms with Gasteiger partial charge in [-0.25, -0.2) is 0 Å². The first-order valence-corrected chi connectivity index (χ1v) is 5.33. The van der Waals surface area contributed by atoms with E-state index in [1.54, 1.807) is 6.21 Å². The standard InChI is InChI=1S/C12H15N3O/c1-12(2)8-16-11(15-12)10-7-14-6-4-9(10)3-5-13/h4,6,15H,3,7-8H2,1-2H3/b11-10-. The molecule has 0 saturated carbocycles. The van der Waals surface area contributed by atoms with Gasteiger partial charge in [-0.2, -0.15) is 5.26 Å². The number of dihydropyridines is 1. The van der Waals surface area contributed by atoms with Gasteiger partial charge in [-0.3, -0.25) is 4.99 Å². The van der Waals surface area contributed by atoms with E-state index in [1.165, 1.54) is 0 Å².